The molecule has 9 rings (SSSR count). The quantitative estimate of drug-likeness (QED) is 0.0506. The average molecular weight is 870 g/mol. The fourth-order valence-electron chi connectivity index (χ4n) is 11.3. The van der Waals surface area contributed by atoms with Crippen molar-refractivity contribution in [3.8, 4) is 29.1 Å². The van der Waals surface area contributed by atoms with E-state index in [0.717, 1.165) is 64.9 Å². The number of phenols is 2. The van der Waals surface area contributed by atoms with Gasteiger partial charge in [-0.2, -0.15) is 0 Å². The number of nitrogens with two attached hydrogens (primary N) is 2. The van der Waals surface area contributed by atoms with Crippen molar-refractivity contribution in [1.29, 1.82) is 0 Å². The summed E-state index contributed by atoms with van der Waals surface area (Å²) in [4.78, 5) is 31.0. The summed E-state index contributed by atoms with van der Waals surface area (Å²) in [5.74, 6) is 8.48. The minimum Gasteiger partial charge on any atom is -0.508 e. The summed E-state index contributed by atoms with van der Waals surface area (Å²) in [5.41, 5.74) is 18.3. The molecule has 2 fully saturated rings. The number of aromatic hydroxyl groups is 2. The molecule has 9 nitrogen and oxygen atoms in total. The zero-order chi connectivity index (χ0) is 43.2. The fraction of sp³-hybridized carbons (Fsp3) is 0.412. The Hall–Kier alpha value is -4.70. The molecule has 1 spiro atoms. The van der Waals surface area contributed by atoms with Crippen molar-refractivity contribution < 1.29 is 29.6 Å². The van der Waals surface area contributed by atoms with Gasteiger partial charge < -0.3 is 36.5 Å². The van der Waals surface area contributed by atoms with E-state index in [0.29, 0.717) is 72.1 Å². The summed E-state index contributed by atoms with van der Waals surface area (Å²) in [5, 5.41) is 34.9. The van der Waals surface area contributed by atoms with Crippen molar-refractivity contribution in [2.45, 2.75) is 94.6 Å². The van der Waals surface area contributed by atoms with Crippen LogP contribution in [0.25, 0.3) is 0 Å². The van der Waals surface area contributed by atoms with Gasteiger partial charge in [0.1, 0.15) is 5.75 Å². The molecule has 0 radical (unpaired) electrons. The van der Waals surface area contributed by atoms with E-state index in [-0.39, 0.29) is 46.9 Å². The lowest BCUT2D eigenvalue weighted by Gasteiger charge is -2.51. The Morgan fingerprint density at radius 3 is 2.60 bits per heavy atom. The first-order valence-corrected chi connectivity index (χ1v) is 24.4. The molecule has 8 N–H and O–H groups in total. The summed E-state index contributed by atoms with van der Waals surface area (Å²) in [7, 11) is 3.47. The van der Waals surface area contributed by atoms with Gasteiger partial charge in [0, 0.05) is 70.7 Å². The Bertz CT molecular complexity index is 2530. The second-order valence-corrected chi connectivity index (χ2v) is 20.7. The lowest BCUT2D eigenvalue weighted by Crippen LogP contribution is -2.49. The Balaban J connectivity index is 1.12. The van der Waals surface area contributed by atoms with Crippen LogP contribution in [-0.2, 0) is 29.8 Å². The van der Waals surface area contributed by atoms with Crippen molar-refractivity contribution in [2.75, 3.05) is 12.4 Å². The predicted octanol–water partition coefficient (Wildman–Crippen LogP) is 8.73. The minimum absolute atomic E-state index is 0.0125. The zero-order valence-electron chi connectivity index (χ0n) is 35.1. The Kier molecular flexibility index (Phi) is 11.8. The maximum Gasteiger partial charge on any atom is 0.165 e. The van der Waals surface area contributed by atoms with Gasteiger partial charge in [0.15, 0.2) is 23.1 Å². The average Bonchev–Trinajstić information content (AvgIpc) is 3.78. The topological polar surface area (TPSA) is 172 Å². The highest BCUT2D eigenvalue weighted by molar-refractivity contribution is 8.76. The van der Waals surface area contributed by atoms with Gasteiger partial charge in [-0.25, -0.2) is 0 Å². The van der Waals surface area contributed by atoms with Gasteiger partial charge in [-0.05, 0) is 114 Å². The molecule has 1 aromatic heterocycles. The number of nitrogens with one attached hydrogen (secondary N) is 1. The number of allylic oxidation sites excluding steroid dienone is 3. The molecule has 6 unspecified atom stereocenters. The number of fused-ring (bicyclic) bond motifs is 8. The van der Waals surface area contributed by atoms with Crippen molar-refractivity contribution in [2.24, 2.45) is 34.1 Å². The maximum atomic E-state index is 14.2. The van der Waals surface area contributed by atoms with E-state index in [1.807, 2.05) is 24.3 Å². The highest BCUT2D eigenvalue weighted by Crippen LogP contribution is 2.71. The van der Waals surface area contributed by atoms with E-state index < -0.39 is 17.7 Å². The molecular weight excluding hydrogens is 815 g/mol. The molecule has 322 valence electrons. The van der Waals surface area contributed by atoms with Crippen molar-refractivity contribution >= 4 is 33.2 Å². The van der Waals surface area contributed by atoms with Crippen LogP contribution in [0.15, 0.2) is 85.1 Å². The van der Waals surface area contributed by atoms with Crippen LogP contribution in [0.4, 0.5) is 0 Å². The van der Waals surface area contributed by atoms with Crippen LogP contribution in [-0.4, -0.2) is 49.8 Å². The molecule has 2 heterocycles. The van der Waals surface area contributed by atoms with Crippen molar-refractivity contribution in [3.63, 3.8) is 0 Å². The molecule has 5 aliphatic rings. The zero-order valence-corrected chi connectivity index (χ0v) is 36.8. The lowest BCUT2D eigenvalue weighted by molar-refractivity contribution is -0.114. The largest absolute Gasteiger partial charge is 0.508 e. The normalized spacial score (nSPS) is 28.3. The number of aromatic amines is 1. The van der Waals surface area contributed by atoms with Crippen LogP contribution in [0.1, 0.15) is 119 Å². The summed E-state index contributed by atoms with van der Waals surface area (Å²) in [6.07, 6.45) is 15.4. The molecule has 2 saturated carbocycles. The fourth-order valence-corrected chi connectivity index (χ4v) is 14.1. The highest BCUT2D eigenvalue weighted by Gasteiger charge is 2.68. The molecular formula is C51H55N3O6S2. The number of carbonyl (C=O) groups excluding carboxylic acids is 2. The van der Waals surface area contributed by atoms with Crippen LogP contribution in [0.2, 0.25) is 0 Å². The number of ether oxygens (including phenoxy) is 1. The van der Waals surface area contributed by atoms with E-state index >= 15 is 0 Å². The Morgan fingerprint density at radius 2 is 1.77 bits per heavy atom. The molecule has 3 aromatic carbocycles. The number of H-pyrrole nitrogens is 1. The molecule has 4 aromatic rings. The number of hydrogen-bond donors (Lipinski definition) is 6. The van der Waals surface area contributed by atoms with E-state index in [1.165, 1.54) is 0 Å². The van der Waals surface area contributed by atoms with Crippen LogP contribution >= 0.6 is 21.6 Å². The highest BCUT2D eigenvalue weighted by atomic mass is 33.1. The number of aliphatic hydroxyl groups is 1. The number of carbonyl (C=O) groups is 2. The molecule has 0 saturated heterocycles. The van der Waals surface area contributed by atoms with E-state index in [4.69, 9.17) is 16.2 Å². The van der Waals surface area contributed by atoms with Crippen LogP contribution in [0.5, 0.6) is 17.2 Å². The van der Waals surface area contributed by atoms with Gasteiger partial charge in [0.25, 0.3) is 0 Å². The summed E-state index contributed by atoms with van der Waals surface area (Å²) in [6.45, 7) is 2.46. The standard InChI is InChI=1S/C51H55N3O6S2/c1-2-4-42-34-13-18-51(59)29-49(42)17-14-36(55)10-7-31-9-12-45(57)47(22-31)60-20-16-32-8-11-44(56)41(21-32)40-25-46(58)37-15-19-54-43(37)6-3-5-33-23-39(48(52)53)35(24-38(33)40)27-61-62-30-50(51,26-34)28-49/h8-9,11-15,17-19,21-24,34,40,42,48,54,56-57,59H,2,4,6-7,10,16,20,25-30,52-53H2,1H3. The summed E-state index contributed by atoms with van der Waals surface area (Å²) < 4.78 is 6.15. The third-order valence-corrected chi connectivity index (χ3v) is 16.8. The second kappa shape index (κ2) is 17.1. The molecule has 11 heteroatoms. The number of Topliss-reactive ketones (excluding diaryl/α,β-unsaturated/α-hetero) is 1. The van der Waals surface area contributed by atoms with Crippen LogP contribution in [0.3, 0.4) is 0 Å². The van der Waals surface area contributed by atoms with Crippen LogP contribution in [0, 0.1) is 34.5 Å². The molecule has 0 amide bonds. The number of ketones is 2. The SMILES string of the molecule is CCCC1C2C=CC3(O)CC14C=CC(=O)CCc1ccc(O)c(c1)OCCc1ccc(O)c(c1)C1CC(=O)c5cc[nH]c5CC#Cc5cc(C(N)N)c(cc51)CSSCC3(C2)C4. The number of aromatic nitrogens is 1. The second-order valence-electron chi connectivity index (χ2n) is 18.2. The van der Waals surface area contributed by atoms with Crippen LogP contribution < -0.4 is 16.2 Å². The number of rotatable bonds is 3. The van der Waals surface area contributed by atoms with Gasteiger partial charge in [0.05, 0.1) is 24.8 Å². The lowest BCUT2D eigenvalue weighted by atomic mass is 9.55. The third kappa shape index (κ3) is 7.94. The predicted molar refractivity (Wildman–Crippen MR) is 246 cm³/mol. The van der Waals surface area contributed by atoms with Gasteiger partial charge in [-0.1, -0.05) is 89.3 Å². The smallest absolute Gasteiger partial charge is 0.165 e. The molecule has 62 heavy (non-hydrogen) atoms. The van der Waals surface area contributed by atoms with Gasteiger partial charge in [-0.3, -0.25) is 9.59 Å². The maximum absolute atomic E-state index is 14.2. The molecule has 1 aliphatic heterocycles. The van der Waals surface area contributed by atoms with Gasteiger partial charge in [-0.15, -0.1) is 0 Å². The molecule has 4 aliphatic carbocycles. The number of phenolic OH excluding ortho intramolecular Hbond substituents is 2. The first-order valence-electron chi connectivity index (χ1n) is 21.9. The summed E-state index contributed by atoms with van der Waals surface area (Å²) in [6, 6.07) is 16.5. The molecule has 9 bridgehead atoms. The third-order valence-electron chi connectivity index (χ3n) is 14.4. The van der Waals surface area contributed by atoms with Crippen molar-refractivity contribution in [1.82, 2.24) is 4.98 Å². The Morgan fingerprint density at radius 1 is 0.952 bits per heavy atom. The van der Waals surface area contributed by atoms with Gasteiger partial charge >= 0.3 is 0 Å². The van der Waals surface area contributed by atoms with Crippen molar-refractivity contribution in [3.05, 3.63) is 135 Å². The number of hydrogen-bond acceptors (Lipinski definition) is 10. The Labute approximate surface area is 371 Å². The number of aryl methyl sites for hydroxylation is 1. The minimum atomic E-state index is -0.987. The molecule has 6 atom stereocenters. The first kappa shape index (κ1) is 42.6. The summed E-state index contributed by atoms with van der Waals surface area (Å²) >= 11 is 0. The van der Waals surface area contributed by atoms with E-state index in [9.17, 15) is 24.9 Å². The monoisotopic (exact) mass is 869 g/mol. The van der Waals surface area contributed by atoms with E-state index in [2.05, 4.69) is 48.0 Å². The number of benzene rings is 3. The first-order chi connectivity index (χ1) is 29.9. The van der Waals surface area contributed by atoms with E-state index in [1.54, 1.807) is 58.1 Å². The van der Waals surface area contributed by atoms with Gasteiger partial charge in [0.2, 0.25) is 0 Å².